The largest absolute Gasteiger partial charge is 0.335 e. The average Bonchev–Trinajstić information content (AvgIpc) is 3.88. The Balaban J connectivity index is 1.15. The lowest BCUT2D eigenvalue weighted by molar-refractivity contribution is 0.214. The van der Waals surface area contributed by atoms with Crippen LogP contribution in [0, 0.1) is 0 Å². The second kappa shape index (κ2) is 12.4. The number of benzene rings is 7. The molecule has 1 aromatic heterocycles. The number of hydrogen-bond acceptors (Lipinski definition) is 2. The highest BCUT2D eigenvalue weighted by Gasteiger charge is 2.65. The van der Waals surface area contributed by atoms with Gasteiger partial charge in [0.2, 0.25) is 0 Å². The van der Waals surface area contributed by atoms with Crippen molar-refractivity contribution in [3.8, 4) is 5.69 Å². The third-order valence-electron chi connectivity index (χ3n) is 17.7. The topological polar surface area (TPSA) is 11.4 Å². The first-order chi connectivity index (χ1) is 30.8. The Morgan fingerprint density at radius 3 is 1.87 bits per heavy atom. The number of aromatic nitrogens is 1. The van der Waals surface area contributed by atoms with E-state index in [1.165, 1.54) is 114 Å². The van der Waals surface area contributed by atoms with Crippen LogP contribution in [0.2, 0.25) is 6.55 Å². The predicted molar refractivity (Wildman–Crippen MR) is 269 cm³/mol. The minimum absolute atomic E-state index is 0.104. The summed E-state index contributed by atoms with van der Waals surface area (Å²) < 4.78 is 2.68. The molecular formula is C58H52BN3Si. The van der Waals surface area contributed by atoms with Crippen molar-refractivity contribution in [2.24, 2.45) is 0 Å². The molecule has 0 spiro atoms. The zero-order valence-corrected chi connectivity index (χ0v) is 37.7. The minimum atomic E-state index is -1.03. The first kappa shape index (κ1) is 36.6. The first-order valence-corrected chi connectivity index (χ1v) is 25.9. The van der Waals surface area contributed by atoms with Crippen LogP contribution in [0.5, 0.6) is 0 Å². The quantitative estimate of drug-likeness (QED) is 0.164. The van der Waals surface area contributed by atoms with E-state index >= 15 is 0 Å². The molecule has 0 bridgehead atoms. The molecule has 4 atom stereocenters. The maximum atomic E-state index is 4.81. The molecule has 306 valence electrons. The van der Waals surface area contributed by atoms with Crippen molar-refractivity contribution in [2.45, 2.75) is 93.7 Å². The van der Waals surface area contributed by atoms with Crippen molar-refractivity contribution in [1.29, 1.82) is 0 Å². The fourth-order valence-electron chi connectivity index (χ4n) is 15.3. The van der Waals surface area contributed by atoms with Crippen LogP contribution >= 0.6 is 0 Å². The summed E-state index contributed by atoms with van der Waals surface area (Å²) in [6, 6.07) is 59.7. The van der Waals surface area contributed by atoms with Crippen LogP contribution in [0.15, 0.2) is 152 Å². The molecule has 5 heterocycles. The molecule has 4 unspecified atom stereocenters. The molecule has 8 aromatic rings. The van der Waals surface area contributed by atoms with Gasteiger partial charge in [-0.2, -0.15) is 0 Å². The average molecular weight is 830 g/mol. The summed E-state index contributed by atoms with van der Waals surface area (Å²) in [6.07, 6.45) is 14.3. The lowest BCUT2D eigenvalue weighted by Crippen LogP contribution is -2.64. The second-order valence-corrected chi connectivity index (χ2v) is 22.5. The summed E-state index contributed by atoms with van der Waals surface area (Å²) in [7, 11) is -1.03. The summed E-state index contributed by atoms with van der Waals surface area (Å²) in [5, 5.41) is 4.14. The summed E-state index contributed by atoms with van der Waals surface area (Å²) in [6.45, 7) is 7.76. The smallest absolute Gasteiger partial charge is 0.252 e. The molecule has 4 aliphatic heterocycles. The highest BCUT2D eigenvalue weighted by atomic mass is 28.2. The van der Waals surface area contributed by atoms with Crippen LogP contribution in [-0.4, -0.2) is 36.9 Å². The van der Waals surface area contributed by atoms with Gasteiger partial charge in [0.15, 0.2) is 0 Å². The molecule has 0 saturated heterocycles. The van der Waals surface area contributed by atoms with Gasteiger partial charge in [-0.05, 0) is 108 Å². The van der Waals surface area contributed by atoms with Crippen molar-refractivity contribution in [2.75, 3.05) is 9.80 Å². The zero-order chi connectivity index (χ0) is 42.0. The monoisotopic (exact) mass is 829 g/mol. The van der Waals surface area contributed by atoms with E-state index in [0.717, 1.165) is 25.7 Å². The highest BCUT2D eigenvalue weighted by Crippen LogP contribution is 2.66. The summed E-state index contributed by atoms with van der Waals surface area (Å²) in [5.74, 6) is 0. The maximum Gasteiger partial charge on any atom is 0.252 e. The van der Waals surface area contributed by atoms with Gasteiger partial charge < -0.3 is 14.4 Å². The third kappa shape index (κ3) is 4.18. The SMILES string of the molecule is C=[Si](C)c1cc2c3c(c1)C1(c4ccccc4)CCCCC1(C)N3c1cc(N3c4ccccc4C4(c5ccccc5)CCCCC34C)cc3c1B2c1cccc2c4ccccc4n-3c12. The molecule has 0 N–H and O–H groups in total. The Morgan fingerprint density at radius 1 is 0.540 bits per heavy atom. The number of rotatable bonds is 4. The molecule has 7 aromatic carbocycles. The molecule has 5 heteroatoms. The lowest BCUT2D eigenvalue weighted by atomic mass is 9.33. The van der Waals surface area contributed by atoms with Gasteiger partial charge in [-0.25, -0.2) is 0 Å². The molecule has 0 radical (unpaired) electrons. The first-order valence-electron chi connectivity index (χ1n) is 23.7. The number of para-hydroxylation sites is 3. The van der Waals surface area contributed by atoms with E-state index in [0.29, 0.717) is 0 Å². The summed E-state index contributed by atoms with van der Waals surface area (Å²) >= 11 is 0. The lowest BCUT2D eigenvalue weighted by Gasteiger charge is -2.54. The normalized spacial score (nSPS) is 25.7. The summed E-state index contributed by atoms with van der Waals surface area (Å²) in [5.41, 5.74) is 19.3. The van der Waals surface area contributed by atoms with Crippen molar-refractivity contribution < 1.29 is 0 Å². The number of fused-ring (bicyclic) bond motifs is 13. The Bertz CT molecular complexity index is 3300. The molecule has 2 fully saturated rings. The molecule has 2 aliphatic carbocycles. The van der Waals surface area contributed by atoms with Gasteiger partial charge in [0.05, 0.1) is 16.6 Å². The van der Waals surface area contributed by atoms with E-state index in [9.17, 15) is 0 Å². The van der Waals surface area contributed by atoms with E-state index < -0.39 is 8.41 Å². The van der Waals surface area contributed by atoms with Gasteiger partial charge >= 0.3 is 0 Å². The number of hydrogen-bond donors (Lipinski definition) is 0. The van der Waals surface area contributed by atoms with Crippen LogP contribution in [0.25, 0.3) is 27.5 Å². The Morgan fingerprint density at radius 2 is 1.14 bits per heavy atom. The van der Waals surface area contributed by atoms with Crippen LogP contribution < -0.4 is 31.4 Å². The van der Waals surface area contributed by atoms with Gasteiger partial charge in [-0.3, -0.25) is 0 Å². The van der Waals surface area contributed by atoms with Crippen LogP contribution in [-0.2, 0) is 10.8 Å². The van der Waals surface area contributed by atoms with E-state index in [1.54, 1.807) is 5.56 Å². The zero-order valence-electron chi connectivity index (χ0n) is 36.7. The van der Waals surface area contributed by atoms with Crippen molar-refractivity contribution in [1.82, 2.24) is 4.57 Å². The Labute approximate surface area is 373 Å². The van der Waals surface area contributed by atoms with Crippen LogP contribution in [0.4, 0.5) is 22.7 Å². The fraction of sp³-hybridized carbons (Fsp3) is 0.259. The molecule has 3 nitrogen and oxygen atoms in total. The van der Waals surface area contributed by atoms with Gasteiger partial charge in [-0.15, -0.1) is 6.17 Å². The van der Waals surface area contributed by atoms with Gasteiger partial charge in [0.25, 0.3) is 6.71 Å². The third-order valence-corrected chi connectivity index (χ3v) is 19.0. The fourth-order valence-corrected chi connectivity index (χ4v) is 16.1. The van der Waals surface area contributed by atoms with Crippen molar-refractivity contribution >= 4 is 87.4 Å². The van der Waals surface area contributed by atoms with Gasteiger partial charge in [0, 0.05) is 64.0 Å². The van der Waals surface area contributed by atoms with Gasteiger partial charge in [-0.1, -0.05) is 160 Å². The van der Waals surface area contributed by atoms with Gasteiger partial charge in [0.1, 0.15) is 0 Å². The van der Waals surface area contributed by atoms with E-state index in [1.807, 2.05) is 0 Å². The molecule has 6 aliphatic rings. The van der Waals surface area contributed by atoms with E-state index in [2.05, 4.69) is 186 Å². The number of anilines is 4. The Hall–Kier alpha value is -5.91. The second-order valence-electron chi connectivity index (χ2n) is 20.4. The molecular weight excluding hydrogens is 778 g/mol. The summed E-state index contributed by atoms with van der Waals surface area (Å²) in [4.78, 5) is 5.80. The van der Waals surface area contributed by atoms with E-state index in [4.69, 9.17) is 6.17 Å². The van der Waals surface area contributed by atoms with Crippen LogP contribution in [0.3, 0.4) is 0 Å². The standard InChI is InChI=1S/C58H52BN3Si/c1-55-30-15-17-32-57(55,38-20-7-5-8-21-38)44-26-12-14-29-49(44)61(55)40-34-50-52-51(35-40)62-54-45(58(39-22-9-6-10-23-39)33-18-16-31-56(58,62)2)36-41(63(3)4)37-47(54)59(52)46-27-19-25-43-42-24-11-13-28-48(42)60(50)53(43)46/h5-14,19-29,34-37H,3,15-18,30-33H2,1-2,4H3. The van der Waals surface area contributed by atoms with E-state index in [-0.39, 0.29) is 28.6 Å². The minimum Gasteiger partial charge on any atom is -0.335 e. The molecule has 63 heavy (non-hydrogen) atoms. The van der Waals surface area contributed by atoms with Crippen LogP contribution in [0.1, 0.15) is 87.5 Å². The maximum absolute atomic E-state index is 4.81. The Kier molecular flexibility index (Phi) is 7.21. The highest BCUT2D eigenvalue weighted by molar-refractivity contribution is 7.00. The molecule has 2 saturated carbocycles. The molecule has 14 rings (SSSR count). The predicted octanol–water partition coefficient (Wildman–Crippen LogP) is 10.8. The van der Waals surface area contributed by atoms with Crippen molar-refractivity contribution in [3.05, 3.63) is 174 Å². The molecule has 0 amide bonds. The van der Waals surface area contributed by atoms with Crippen molar-refractivity contribution in [3.63, 3.8) is 0 Å². The number of nitrogens with zero attached hydrogens (tertiary/aromatic N) is 3.